The minimum Gasteiger partial charge on any atom is -0.480 e. The van der Waals surface area contributed by atoms with Crippen LogP contribution in [0.3, 0.4) is 0 Å². The Hall–Kier alpha value is -1.08. The van der Waals surface area contributed by atoms with Crippen LogP contribution in [-0.4, -0.2) is 55.2 Å². The molecule has 0 spiro atoms. The average molecular weight is 310 g/mol. The van der Waals surface area contributed by atoms with Crippen LogP contribution in [0.1, 0.15) is 34.6 Å². The number of amides is 1. The van der Waals surface area contributed by atoms with Crippen molar-refractivity contribution in [2.24, 2.45) is 22.7 Å². The zero-order valence-corrected chi connectivity index (χ0v) is 14.3. The fraction of sp³-hybridized carbons (Fsp3) is 0.867. The minimum atomic E-state index is -0.897. The molecule has 0 bridgehead atoms. The van der Waals surface area contributed by atoms with Gasteiger partial charge in [-0.05, 0) is 16.7 Å². The molecule has 22 heavy (non-hydrogen) atoms. The summed E-state index contributed by atoms with van der Waals surface area (Å²) in [7, 11) is 1.82. The standard InChI is InChI=1S/C15H27BN2O4/c1-14(2,3)11(17-16-22-6)12(19)18-7-8-9(15(8,4)5)10(18)13(20)21/h8-11,16-17H,7H2,1-6H3,(H,20,21)/t8-,9-,10-,11+/m0/s1. The van der Waals surface area contributed by atoms with E-state index < -0.39 is 18.1 Å². The Labute approximate surface area is 132 Å². The molecule has 2 rings (SSSR count). The van der Waals surface area contributed by atoms with Gasteiger partial charge < -0.3 is 19.9 Å². The van der Waals surface area contributed by atoms with E-state index in [1.54, 1.807) is 12.0 Å². The summed E-state index contributed by atoms with van der Waals surface area (Å²) in [5.74, 6) is -0.677. The Morgan fingerprint density at radius 2 is 2.00 bits per heavy atom. The van der Waals surface area contributed by atoms with E-state index in [9.17, 15) is 14.7 Å². The van der Waals surface area contributed by atoms with Gasteiger partial charge in [0.1, 0.15) is 6.04 Å². The number of hydrogen-bond acceptors (Lipinski definition) is 4. The summed E-state index contributed by atoms with van der Waals surface area (Å²) >= 11 is 0. The highest BCUT2D eigenvalue weighted by atomic mass is 16.4. The topological polar surface area (TPSA) is 78.9 Å². The first kappa shape index (κ1) is 17.3. The predicted octanol–water partition coefficient (Wildman–Crippen LogP) is 0.471. The molecule has 1 saturated carbocycles. The molecule has 2 aliphatic rings. The first-order valence-electron chi connectivity index (χ1n) is 7.79. The van der Waals surface area contributed by atoms with Gasteiger partial charge in [0, 0.05) is 19.6 Å². The Morgan fingerprint density at radius 1 is 1.41 bits per heavy atom. The number of hydrogen-bond donors (Lipinski definition) is 2. The summed E-state index contributed by atoms with van der Waals surface area (Å²) in [5, 5.41) is 12.7. The van der Waals surface area contributed by atoms with Crippen molar-refractivity contribution in [3.8, 4) is 0 Å². The van der Waals surface area contributed by atoms with Crippen LogP contribution in [0, 0.1) is 22.7 Å². The number of piperidine rings is 1. The SMILES string of the molecule is COBN[C@H](C(=O)N1C[C@H]2[C@@H]([C@H]1C(=O)O)C2(C)C)C(C)(C)C. The molecular weight excluding hydrogens is 283 g/mol. The highest BCUT2D eigenvalue weighted by molar-refractivity contribution is 6.24. The molecule has 0 radical (unpaired) electrons. The van der Waals surface area contributed by atoms with E-state index >= 15 is 0 Å². The molecule has 4 atom stereocenters. The van der Waals surface area contributed by atoms with Crippen molar-refractivity contribution >= 4 is 19.5 Å². The van der Waals surface area contributed by atoms with E-state index in [0.717, 1.165) is 0 Å². The molecule has 1 aliphatic carbocycles. The van der Waals surface area contributed by atoms with Crippen LogP contribution in [0.5, 0.6) is 0 Å². The number of rotatable bonds is 5. The van der Waals surface area contributed by atoms with Crippen LogP contribution >= 0.6 is 0 Å². The molecule has 1 amide bonds. The number of nitrogens with zero attached hydrogens (tertiary/aromatic N) is 1. The largest absolute Gasteiger partial charge is 0.480 e. The third-order valence-corrected chi connectivity index (χ3v) is 5.29. The molecule has 7 heteroatoms. The van der Waals surface area contributed by atoms with Gasteiger partial charge in [-0.25, -0.2) is 4.79 Å². The van der Waals surface area contributed by atoms with Gasteiger partial charge in [0.2, 0.25) is 5.91 Å². The Morgan fingerprint density at radius 3 is 2.45 bits per heavy atom. The fourth-order valence-corrected chi connectivity index (χ4v) is 3.89. The molecule has 0 aromatic rings. The van der Waals surface area contributed by atoms with E-state index in [2.05, 4.69) is 19.1 Å². The molecule has 6 nitrogen and oxygen atoms in total. The third kappa shape index (κ3) is 2.76. The maximum atomic E-state index is 12.9. The molecule has 124 valence electrons. The molecule has 0 aromatic heterocycles. The second-order valence-corrected chi connectivity index (χ2v) is 8.16. The maximum absolute atomic E-state index is 12.9. The van der Waals surface area contributed by atoms with Crippen molar-refractivity contribution in [1.82, 2.24) is 10.1 Å². The van der Waals surface area contributed by atoms with E-state index in [-0.39, 0.29) is 30.3 Å². The van der Waals surface area contributed by atoms with Crippen molar-refractivity contribution in [2.45, 2.75) is 46.7 Å². The molecule has 0 unspecified atom stereocenters. The highest BCUT2D eigenvalue weighted by Gasteiger charge is 2.69. The lowest BCUT2D eigenvalue weighted by atomic mass is 9.83. The summed E-state index contributed by atoms with van der Waals surface area (Å²) < 4.78 is 5.02. The van der Waals surface area contributed by atoms with Crippen LogP contribution < -0.4 is 5.23 Å². The number of nitrogens with one attached hydrogen (secondary N) is 1. The average Bonchev–Trinajstić information content (AvgIpc) is 2.75. The van der Waals surface area contributed by atoms with E-state index in [1.165, 1.54) is 0 Å². The molecule has 1 heterocycles. The van der Waals surface area contributed by atoms with Gasteiger partial charge in [0.15, 0.2) is 0 Å². The normalized spacial score (nSPS) is 30.6. The smallest absolute Gasteiger partial charge is 0.361 e. The van der Waals surface area contributed by atoms with Crippen LogP contribution in [0.2, 0.25) is 0 Å². The third-order valence-electron chi connectivity index (χ3n) is 5.29. The van der Waals surface area contributed by atoms with Crippen LogP contribution in [0.4, 0.5) is 0 Å². The monoisotopic (exact) mass is 310 g/mol. The van der Waals surface area contributed by atoms with Gasteiger partial charge in [-0.2, -0.15) is 0 Å². The van der Waals surface area contributed by atoms with Crippen LogP contribution in [-0.2, 0) is 14.2 Å². The van der Waals surface area contributed by atoms with Gasteiger partial charge >= 0.3 is 13.6 Å². The number of fused-ring (bicyclic) bond motifs is 1. The van der Waals surface area contributed by atoms with Gasteiger partial charge in [-0.3, -0.25) is 4.79 Å². The van der Waals surface area contributed by atoms with E-state index in [0.29, 0.717) is 12.5 Å². The number of carbonyl (C=O) groups is 2. The van der Waals surface area contributed by atoms with Crippen molar-refractivity contribution in [1.29, 1.82) is 0 Å². The van der Waals surface area contributed by atoms with Crippen molar-refractivity contribution < 1.29 is 19.3 Å². The molecular formula is C15H27BN2O4. The van der Waals surface area contributed by atoms with Gasteiger partial charge in [0.05, 0.1) is 6.04 Å². The number of aliphatic carboxylic acids is 1. The summed E-state index contributed by atoms with van der Waals surface area (Å²) in [4.78, 5) is 26.2. The van der Waals surface area contributed by atoms with E-state index in [4.69, 9.17) is 4.65 Å². The lowest BCUT2D eigenvalue weighted by Crippen LogP contribution is -2.57. The summed E-state index contributed by atoms with van der Waals surface area (Å²) in [6, 6.07) is -1.17. The second kappa shape index (κ2) is 5.53. The Bertz CT molecular complexity index is 475. The van der Waals surface area contributed by atoms with Gasteiger partial charge in [-0.1, -0.05) is 34.6 Å². The number of carboxylic acids is 1. The molecule has 0 aromatic carbocycles. The van der Waals surface area contributed by atoms with Gasteiger partial charge in [0.25, 0.3) is 0 Å². The Kier molecular flexibility index (Phi) is 4.34. The van der Waals surface area contributed by atoms with Crippen LogP contribution in [0.15, 0.2) is 0 Å². The summed E-state index contributed by atoms with van der Waals surface area (Å²) in [6.07, 6.45) is 0. The number of carboxylic acid groups (broad SMARTS) is 1. The molecule has 1 aliphatic heterocycles. The van der Waals surface area contributed by atoms with Crippen molar-refractivity contribution in [2.75, 3.05) is 13.7 Å². The fourth-order valence-electron chi connectivity index (χ4n) is 3.89. The van der Waals surface area contributed by atoms with Crippen LogP contribution in [0.25, 0.3) is 0 Å². The predicted molar refractivity (Wildman–Crippen MR) is 84.4 cm³/mol. The lowest BCUT2D eigenvalue weighted by Gasteiger charge is -2.36. The van der Waals surface area contributed by atoms with Gasteiger partial charge in [-0.15, -0.1) is 0 Å². The molecule has 2 N–H and O–H groups in total. The first-order valence-corrected chi connectivity index (χ1v) is 7.79. The number of likely N-dealkylation sites (tertiary alicyclic amines) is 1. The Balaban J connectivity index is 2.19. The lowest BCUT2D eigenvalue weighted by molar-refractivity contribution is -0.152. The summed E-state index contributed by atoms with van der Waals surface area (Å²) in [6.45, 7) is 10.6. The zero-order chi connectivity index (χ0) is 16.9. The highest BCUT2D eigenvalue weighted by Crippen LogP contribution is 2.64. The second-order valence-electron chi connectivity index (χ2n) is 8.16. The molecule has 2 fully saturated rings. The first-order chi connectivity index (χ1) is 10.0. The maximum Gasteiger partial charge on any atom is 0.361 e. The number of carbonyl (C=O) groups excluding carboxylic acids is 1. The van der Waals surface area contributed by atoms with Crippen molar-refractivity contribution in [3.05, 3.63) is 0 Å². The quantitative estimate of drug-likeness (QED) is 0.722. The summed E-state index contributed by atoms with van der Waals surface area (Å²) in [5.41, 5.74) is -0.294. The minimum absolute atomic E-state index is 0.0248. The molecule has 1 saturated heterocycles. The van der Waals surface area contributed by atoms with E-state index in [1.807, 2.05) is 20.8 Å². The van der Waals surface area contributed by atoms with Crippen molar-refractivity contribution in [3.63, 3.8) is 0 Å². The zero-order valence-electron chi connectivity index (χ0n) is 14.3.